The van der Waals surface area contributed by atoms with Crippen LogP contribution in [0.4, 0.5) is 5.82 Å². The van der Waals surface area contributed by atoms with Gasteiger partial charge in [0.25, 0.3) is 0 Å². The van der Waals surface area contributed by atoms with Gasteiger partial charge < -0.3 is 5.32 Å². The van der Waals surface area contributed by atoms with Crippen molar-refractivity contribution in [2.45, 2.75) is 17.6 Å². The topological polar surface area (TPSA) is 37.8 Å². The number of anilines is 1. The Labute approximate surface area is 106 Å². The first-order chi connectivity index (χ1) is 8.38. The van der Waals surface area contributed by atoms with E-state index in [9.17, 15) is 0 Å². The number of thioether (sulfide) groups is 1. The molecule has 2 rings (SSSR count). The van der Waals surface area contributed by atoms with Gasteiger partial charge in [0.2, 0.25) is 0 Å². The van der Waals surface area contributed by atoms with Gasteiger partial charge in [-0.15, -0.1) is 11.8 Å². The van der Waals surface area contributed by atoms with Crippen molar-refractivity contribution in [2.24, 2.45) is 0 Å². The lowest BCUT2D eigenvalue weighted by atomic mass is 10.4. The van der Waals surface area contributed by atoms with E-state index >= 15 is 0 Å². The predicted octanol–water partition coefficient (Wildman–Crippen LogP) is 3.20. The highest BCUT2D eigenvalue weighted by Crippen LogP contribution is 2.21. The Morgan fingerprint density at radius 3 is 2.76 bits per heavy atom. The van der Waals surface area contributed by atoms with Crippen LogP contribution in [0.25, 0.3) is 0 Å². The van der Waals surface area contributed by atoms with E-state index in [1.807, 2.05) is 36.7 Å². The normalized spacial score (nSPS) is 10.2. The summed E-state index contributed by atoms with van der Waals surface area (Å²) in [6.45, 7) is 2.97. The molecule has 2 aromatic heterocycles. The summed E-state index contributed by atoms with van der Waals surface area (Å²) in [4.78, 5) is 9.75. The second-order valence-corrected chi connectivity index (χ2v) is 4.56. The van der Waals surface area contributed by atoms with Crippen molar-refractivity contribution in [2.75, 3.05) is 11.9 Å². The van der Waals surface area contributed by atoms with Crippen LogP contribution < -0.4 is 5.32 Å². The van der Waals surface area contributed by atoms with Crippen LogP contribution in [0.1, 0.15) is 12.6 Å². The molecule has 0 aromatic carbocycles. The van der Waals surface area contributed by atoms with Gasteiger partial charge in [0.1, 0.15) is 5.82 Å². The highest BCUT2D eigenvalue weighted by molar-refractivity contribution is 7.98. The van der Waals surface area contributed by atoms with Crippen LogP contribution in [0.5, 0.6) is 0 Å². The molecule has 0 amide bonds. The van der Waals surface area contributed by atoms with Crippen LogP contribution in [0.3, 0.4) is 0 Å². The summed E-state index contributed by atoms with van der Waals surface area (Å²) >= 11 is 1.77. The zero-order valence-electron chi connectivity index (χ0n) is 9.76. The number of nitrogens with zero attached hydrogens (tertiary/aromatic N) is 2. The first kappa shape index (κ1) is 11.9. The molecule has 0 saturated heterocycles. The number of rotatable bonds is 5. The molecule has 4 heteroatoms. The van der Waals surface area contributed by atoms with Crippen LogP contribution in [0.15, 0.2) is 47.6 Å². The molecule has 2 heterocycles. The molecule has 0 fully saturated rings. The predicted molar refractivity (Wildman–Crippen MR) is 72.2 cm³/mol. The zero-order valence-corrected chi connectivity index (χ0v) is 10.6. The Hall–Kier alpha value is -1.55. The minimum Gasteiger partial charge on any atom is -0.370 e. The molecule has 0 aliphatic heterocycles. The lowest BCUT2D eigenvalue weighted by molar-refractivity contribution is 1.11. The van der Waals surface area contributed by atoms with Crippen molar-refractivity contribution < 1.29 is 0 Å². The smallest absolute Gasteiger partial charge is 0.126 e. The fraction of sp³-hybridized carbons (Fsp3) is 0.231. The van der Waals surface area contributed by atoms with Gasteiger partial charge in [-0.1, -0.05) is 6.07 Å². The van der Waals surface area contributed by atoms with Gasteiger partial charge in [-0.05, 0) is 31.2 Å². The largest absolute Gasteiger partial charge is 0.370 e. The van der Waals surface area contributed by atoms with Gasteiger partial charge in [0, 0.05) is 29.6 Å². The van der Waals surface area contributed by atoms with Crippen LogP contribution in [-0.4, -0.2) is 16.5 Å². The second kappa shape index (κ2) is 6.25. The molecule has 3 nitrogen and oxygen atoms in total. The quantitative estimate of drug-likeness (QED) is 0.821. The summed E-state index contributed by atoms with van der Waals surface area (Å²) < 4.78 is 0. The van der Waals surface area contributed by atoms with Crippen molar-refractivity contribution in [3.05, 3.63) is 48.4 Å². The highest BCUT2D eigenvalue weighted by Gasteiger charge is 1.98. The summed E-state index contributed by atoms with van der Waals surface area (Å²) in [6, 6.07) is 10.1. The first-order valence-electron chi connectivity index (χ1n) is 5.61. The van der Waals surface area contributed by atoms with Crippen molar-refractivity contribution >= 4 is 17.6 Å². The fourth-order valence-electron chi connectivity index (χ4n) is 1.43. The number of aromatic nitrogens is 2. The molecular formula is C13H15N3S. The van der Waals surface area contributed by atoms with E-state index in [0.29, 0.717) is 0 Å². The first-order valence-corrected chi connectivity index (χ1v) is 6.59. The minimum absolute atomic E-state index is 0.878. The SMILES string of the molecule is CCNc1cccc(CSc2ccncc2)n1. The third-order valence-corrected chi connectivity index (χ3v) is 3.25. The van der Waals surface area contributed by atoms with Gasteiger partial charge in [-0.25, -0.2) is 4.98 Å². The number of nitrogens with one attached hydrogen (secondary N) is 1. The summed E-state index contributed by atoms with van der Waals surface area (Å²) in [5, 5.41) is 3.22. The molecule has 0 radical (unpaired) electrons. The maximum atomic E-state index is 4.53. The molecule has 0 unspecified atom stereocenters. The van der Waals surface area contributed by atoms with E-state index in [4.69, 9.17) is 0 Å². The Balaban J connectivity index is 1.97. The van der Waals surface area contributed by atoms with Gasteiger partial charge in [-0.2, -0.15) is 0 Å². The molecule has 0 aliphatic carbocycles. The van der Waals surface area contributed by atoms with Crippen LogP contribution in [0, 0.1) is 0 Å². The average molecular weight is 245 g/mol. The van der Waals surface area contributed by atoms with Crippen molar-refractivity contribution in [1.29, 1.82) is 0 Å². The molecule has 0 bridgehead atoms. The molecule has 1 N–H and O–H groups in total. The summed E-state index contributed by atoms with van der Waals surface area (Å²) in [5.41, 5.74) is 1.09. The maximum absolute atomic E-state index is 4.53. The zero-order chi connectivity index (χ0) is 11.9. The summed E-state index contributed by atoms with van der Waals surface area (Å²) in [5.74, 6) is 1.82. The molecule has 0 spiro atoms. The van der Waals surface area contributed by atoms with E-state index in [1.54, 1.807) is 11.8 Å². The molecule has 0 saturated carbocycles. The van der Waals surface area contributed by atoms with Crippen molar-refractivity contribution in [3.63, 3.8) is 0 Å². The van der Waals surface area contributed by atoms with Crippen molar-refractivity contribution in [1.82, 2.24) is 9.97 Å². The van der Waals surface area contributed by atoms with E-state index in [1.165, 1.54) is 4.90 Å². The highest BCUT2D eigenvalue weighted by atomic mass is 32.2. The Morgan fingerprint density at radius 1 is 1.18 bits per heavy atom. The van der Waals surface area contributed by atoms with Gasteiger partial charge in [0.05, 0.1) is 5.69 Å². The van der Waals surface area contributed by atoms with E-state index in [-0.39, 0.29) is 0 Å². The fourth-order valence-corrected chi connectivity index (χ4v) is 2.22. The second-order valence-electron chi connectivity index (χ2n) is 3.52. The van der Waals surface area contributed by atoms with E-state index in [2.05, 4.69) is 28.3 Å². The molecule has 2 aromatic rings. The Bertz CT molecular complexity index is 459. The number of hydrogen-bond acceptors (Lipinski definition) is 4. The van der Waals surface area contributed by atoms with Crippen LogP contribution >= 0.6 is 11.8 Å². The van der Waals surface area contributed by atoms with Gasteiger partial charge >= 0.3 is 0 Å². The molecule has 0 aliphatic rings. The molecule has 17 heavy (non-hydrogen) atoms. The van der Waals surface area contributed by atoms with Crippen molar-refractivity contribution in [3.8, 4) is 0 Å². The monoisotopic (exact) mass is 245 g/mol. The minimum atomic E-state index is 0.878. The summed E-state index contributed by atoms with van der Waals surface area (Å²) in [6.07, 6.45) is 3.62. The lowest BCUT2D eigenvalue weighted by Gasteiger charge is -2.05. The molecule has 0 atom stereocenters. The van der Waals surface area contributed by atoms with E-state index in [0.717, 1.165) is 23.8 Å². The van der Waals surface area contributed by atoms with Gasteiger partial charge in [0.15, 0.2) is 0 Å². The standard InChI is InChI=1S/C13H15N3S/c1-2-15-13-5-3-4-11(16-13)10-17-12-6-8-14-9-7-12/h3-9H,2,10H2,1H3,(H,15,16). The Kier molecular flexibility index (Phi) is 4.38. The number of pyridine rings is 2. The lowest BCUT2D eigenvalue weighted by Crippen LogP contribution is -2.00. The molecular weight excluding hydrogens is 230 g/mol. The third kappa shape index (κ3) is 3.75. The van der Waals surface area contributed by atoms with Gasteiger partial charge in [-0.3, -0.25) is 4.98 Å². The van der Waals surface area contributed by atoms with Crippen LogP contribution in [0.2, 0.25) is 0 Å². The molecule has 88 valence electrons. The summed E-state index contributed by atoms with van der Waals surface area (Å²) in [7, 11) is 0. The third-order valence-electron chi connectivity index (χ3n) is 2.20. The Morgan fingerprint density at radius 2 is 2.00 bits per heavy atom. The van der Waals surface area contributed by atoms with E-state index < -0.39 is 0 Å². The van der Waals surface area contributed by atoms with Crippen LogP contribution in [-0.2, 0) is 5.75 Å². The number of hydrogen-bond donors (Lipinski definition) is 1. The maximum Gasteiger partial charge on any atom is 0.126 e. The average Bonchev–Trinajstić information content (AvgIpc) is 2.39.